The Bertz CT molecular complexity index is 1040. The summed E-state index contributed by atoms with van der Waals surface area (Å²) >= 11 is 0. The minimum atomic E-state index is -0.246. The van der Waals surface area contributed by atoms with E-state index < -0.39 is 0 Å². The van der Waals surface area contributed by atoms with Crippen LogP contribution in [0.2, 0.25) is 0 Å². The average Bonchev–Trinajstić information content (AvgIpc) is 2.73. The molecule has 0 aliphatic rings. The molecule has 2 unspecified atom stereocenters. The number of hydrogen-bond donors (Lipinski definition) is 0. The SMILES string of the molecule is N#CC(c1ccccc1)C(c1ccccc1)c1cccc2ccccc12. The summed E-state index contributed by atoms with van der Waals surface area (Å²) in [6.45, 7) is 0. The van der Waals surface area contributed by atoms with Crippen molar-refractivity contribution in [2.24, 2.45) is 0 Å². The number of nitriles is 1. The van der Waals surface area contributed by atoms with E-state index in [1.54, 1.807) is 0 Å². The molecule has 4 aromatic rings. The molecule has 2 atom stereocenters. The fraction of sp³-hybridized carbons (Fsp3) is 0.0800. The summed E-state index contributed by atoms with van der Waals surface area (Å²) in [6, 6.07) is 37.8. The minimum absolute atomic E-state index is 0.0188. The number of fused-ring (bicyclic) bond motifs is 1. The van der Waals surface area contributed by atoms with Gasteiger partial charge in [-0.1, -0.05) is 103 Å². The molecular weight excluding hydrogens is 314 g/mol. The first-order valence-electron chi connectivity index (χ1n) is 8.85. The van der Waals surface area contributed by atoms with Crippen LogP contribution in [0.25, 0.3) is 10.8 Å². The maximum absolute atomic E-state index is 10.1. The van der Waals surface area contributed by atoms with Gasteiger partial charge in [-0.2, -0.15) is 5.26 Å². The van der Waals surface area contributed by atoms with Crippen LogP contribution in [-0.4, -0.2) is 0 Å². The summed E-state index contributed by atoms with van der Waals surface area (Å²) in [5.74, 6) is -0.265. The number of benzene rings is 4. The fourth-order valence-electron chi connectivity index (χ4n) is 3.74. The van der Waals surface area contributed by atoms with Gasteiger partial charge in [0, 0.05) is 5.92 Å². The molecule has 26 heavy (non-hydrogen) atoms. The highest BCUT2D eigenvalue weighted by Gasteiger charge is 2.27. The molecule has 4 rings (SSSR count). The molecule has 0 spiro atoms. The first-order chi connectivity index (χ1) is 12.9. The van der Waals surface area contributed by atoms with Crippen molar-refractivity contribution in [2.75, 3.05) is 0 Å². The monoisotopic (exact) mass is 333 g/mol. The van der Waals surface area contributed by atoms with Gasteiger partial charge < -0.3 is 0 Å². The molecule has 4 aromatic carbocycles. The quantitative estimate of drug-likeness (QED) is 0.431. The Morgan fingerprint density at radius 2 is 1.15 bits per heavy atom. The molecule has 0 saturated heterocycles. The van der Waals surface area contributed by atoms with Gasteiger partial charge in [-0.15, -0.1) is 0 Å². The maximum Gasteiger partial charge on any atom is 0.0822 e. The molecule has 0 amide bonds. The van der Waals surface area contributed by atoms with E-state index in [1.165, 1.54) is 21.9 Å². The Morgan fingerprint density at radius 3 is 1.85 bits per heavy atom. The van der Waals surface area contributed by atoms with Gasteiger partial charge in [-0.25, -0.2) is 0 Å². The number of hydrogen-bond acceptors (Lipinski definition) is 1. The van der Waals surface area contributed by atoms with E-state index in [4.69, 9.17) is 0 Å². The van der Waals surface area contributed by atoms with E-state index in [2.05, 4.69) is 72.8 Å². The van der Waals surface area contributed by atoms with Gasteiger partial charge >= 0.3 is 0 Å². The van der Waals surface area contributed by atoms with E-state index in [0.29, 0.717) is 0 Å². The zero-order chi connectivity index (χ0) is 17.8. The summed E-state index contributed by atoms with van der Waals surface area (Å²) < 4.78 is 0. The number of rotatable bonds is 4. The van der Waals surface area contributed by atoms with Crippen molar-refractivity contribution < 1.29 is 0 Å². The zero-order valence-electron chi connectivity index (χ0n) is 14.4. The van der Waals surface area contributed by atoms with Crippen LogP contribution in [0.15, 0.2) is 103 Å². The predicted octanol–water partition coefficient (Wildman–Crippen LogP) is 6.28. The molecule has 124 valence electrons. The molecule has 0 aromatic heterocycles. The van der Waals surface area contributed by atoms with E-state index in [1.807, 2.05) is 36.4 Å². The highest BCUT2D eigenvalue weighted by Crippen LogP contribution is 2.40. The minimum Gasteiger partial charge on any atom is -0.198 e. The standard InChI is InChI=1S/C25H19N/c26-18-24(20-10-3-1-4-11-20)25(21-13-5-2-6-14-21)23-17-9-15-19-12-7-8-16-22(19)23/h1-17,24-25H. The normalized spacial score (nSPS) is 13.0. The molecule has 0 aliphatic heterocycles. The van der Waals surface area contributed by atoms with Crippen LogP contribution in [0.1, 0.15) is 28.5 Å². The van der Waals surface area contributed by atoms with Crippen molar-refractivity contribution in [1.29, 1.82) is 5.26 Å². The smallest absolute Gasteiger partial charge is 0.0822 e. The van der Waals surface area contributed by atoms with E-state index in [9.17, 15) is 5.26 Å². The second-order valence-electron chi connectivity index (χ2n) is 6.47. The van der Waals surface area contributed by atoms with Crippen molar-refractivity contribution in [3.63, 3.8) is 0 Å². The molecule has 0 aliphatic carbocycles. The highest BCUT2D eigenvalue weighted by atomic mass is 14.3. The van der Waals surface area contributed by atoms with Crippen molar-refractivity contribution in [2.45, 2.75) is 11.8 Å². The molecule has 0 radical (unpaired) electrons. The van der Waals surface area contributed by atoms with Crippen LogP contribution < -0.4 is 0 Å². The van der Waals surface area contributed by atoms with Crippen LogP contribution in [0.3, 0.4) is 0 Å². The maximum atomic E-state index is 10.1. The van der Waals surface area contributed by atoms with Gasteiger partial charge in [0.05, 0.1) is 12.0 Å². The summed E-state index contributed by atoms with van der Waals surface area (Å²) in [5, 5.41) is 12.5. The highest BCUT2D eigenvalue weighted by molar-refractivity contribution is 5.86. The number of nitrogens with zero attached hydrogens (tertiary/aromatic N) is 1. The van der Waals surface area contributed by atoms with Crippen molar-refractivity contribution >= 4 is 10.8 Å². The van der Waals surface area contributed by atoms with Crippen LogP contribution in [-0.2, 0) is 0 Å². The lowest BCUT2D eigenvalue weighted by atomic mass is 9.76. The molecule has 1 heteroatoms. The second-order valence-corrected chi connectivity index (χ2v) is 6.47. The molecular formula is C25H19N. The summed E-state index contributed by atoms with van der Waals surface area (Å²) in [6.07, 6.45) is 0. The van der Waals surface area contributed by atoms with E-state index >= 15 is 0 Å². The molecule has 1 nitrogen and oxygen atoms in total. The van der Waals surface area contributed by atoms with Crippen molar-refractivity contribution in [3.8, 4) is 6.07 Å². The Morgan fingerprint density at radius 1 is 0.577 bits per heavy atom. The third kappa shape index (κ3) is 2.98. The third-order valence-electron chi connectivity index (χ3n) is 4.95. The van der Waals surface area contributed by atoms with E-state index in [-0.39, 0.29) is 11.8 Å². The zero-order valence-corrected chi connectivity index (χ0v) is 14.4. The summed E-state index contributed by atoms with van der Waals surface area (Å²) in [4.78, 5) is 0. The molecule has 0 N–H and O–H groups in total. The predicted molar refractivity (Wildman–Crippen MR) is 107 cm³/mol. The Kier molecular flexibility index (Phi) is 4.50. The lowest BCUT2D eigenvalue weighted by Gasteiger charge is -2.25. The third-order valence-corrected chi connectivity index (χ3v) is 4.95. The van der Waals surface area contributed by atoms with Gasteiger partial charge in [-0.3, -0.25) is 0 Å². The Labute approximate surface area is 154 Å². The summed E-state index contributed by atoms with van der Waals surface area (Å²) in [7, 11) is 0. The molecule has 0 saturated carbocycles. The average molecular weight is 333 g/mol. The van der Waals surface area contributed by atoms with Gasteiger partial charge in [0.25, 0.3) is 0 Å². The van der Waals surface area contributed by atoms with Gasteiger partial charge in [0.2, 0.25) is 0 Å². The van der Waals surface area contributed by atoms with Gasteiger partial charge in [0.1, 0.15) is 0 Å². The second kappa shape index (κ2) is 7.25. The van der Waals surface area contributed by atoms with Crippen molar-refractivity contribution in [1.82, 2.24) is 0 Å². The van der Waals surface area contributed by atoms with Crippen LogP contribution in [0, 0.1) is 11.3 Å². The summed E-state index contributed by atoms with van der Waals surface area (Å²) in [5.41, 5.74) is 3.42. The Balaban J connectivity index is 1.96. The van der Waals surface area contributed by atoms with Crippen LogP contribution >= 0.6 is 0 Å². The molecule has 0 bridgehead atoms. The molecule has 0 fully saturated rings. The first kappa shape index (κ1) is 16.1. The fourth-order valence-corrected chi connectivity index (χ4v) is 3.74. The van der Waals surface area contributed by atoms with Crippen molar-refractivity contribution in [3.05, 3.63) is 120 Å². The van der Waals surface area contributed by atoms with E-state index in [0.717, 1.165) is 5.56 Å². The largest absolute Gasteiger partial charge is 0.198 e. The first-order valence-corrected chi connectivity index (χ1v) is 8.85. The lowest BCUT2D eigenvalue weighted by Crippen LogP contribution is -2.12. The lowest BCUT2D eigenvalue weighted by molar-refractivity contribution is 0.731. The van der Waals surface area contributed by atoms with Crippen LogP contribution in [0.4, 0.5) is 0 Å². The van der Waals surface area contributed by atoms with Gasteiger partial charge in [0.15, 0.2) is 0 Å². The molecule has 0 heterocycles. The van der Waals surface area contributed by atoms with Crippen LogP contribution in [0.5, 0.6) is 0 Å². The Hall–Kier alpha value is -3.37. The van der Waals surface area contributed by atoms with Gasteiger partial charge in [-0.05, 0) is 27.5 Å². The topological polar surface area (TPSA) is 23.8 Å².